The third-order valence-electron chi connectivity index (χ3n) is 6.23. The Balaban J connectivity index is 1.37. The lowest BCUT2D eigenvalue weighted by Crippen LogP contribution is -2.42. The molecule has 1 aliphatic heterocycles. The van der Waals surface area contributed by atoms with E-state index in [9.17, 15) is 4.79 Å². The van der Waals surface area contributed by atoms with E-state index in [0.717, 1.165) is 37.9 Å². The zero-order valence-corrected chi connectivity index (χ0v) is 15.6. The molecule has 1 unspecified atom stereocenters. The van der Waals surface area contributed by atoms with E-state index in [1.54, 1.807) is 0 Å². The Bertz CT molecular complexity index is 788. The number of fused-ring (bicyclic) bond motifs is 2. The van der Waals surface area contributed by atoms with Crippen molar-refractivity contribution in [1.29, 1.82) is 0 Å². The molecule has 2 aromatic rings. The summed E-state index contributed by atoms with van der Waals surface area (Å²) in [5.41, 5.74) is 4.54. The van der Waals surface area contributed by atoms with Crippen molar-refractivity contribution >= 4 is 5.91 Å². The van der Waals surface area contributed by atoms with Crippen molar-refractivity contribution in [1.82, 2.24) is 5.32 Å². The molecule has 1 heterocycles. The standard InChI is InChI=1S/C23H27NO2/c1-16-7-9-19(10-8-16)22(25)24-17(2)18-11-13-23(14-12-18)21-6-4-3-5-20(21)15-26-23/h3-10,17-18H,11-15H2,1-2H3,(H,24,25). The van der Waals surface area contributed by atoms with E-state index < -0.39 is 0 Å². The number of benzene rings is 2. The summed E-state index contributed by atoms with van der Waals surface area (Å²) in [6, 6.07) is 16.6. The maximum atomic E-state index is 12.5. The predicted octanol–water partition coefficient (Wildman–Crippen LogP) is 4.73. The van der Waals surface area contributed by atoms with Crippen molar-refractivity contribution < 1.29 is 9.53 Å². The van der Waals surface area contributed by atoms with Gasteiger partial charge in [0.1, 0.15) is 0 Å². The average molecular weight is 349 g/mol. The number of carbonyl (C=O) groups is 1. The lowest BCUT2D eigenvalue weighted by molar-refractivity contribution is -0.0743. The molecule has 4 rings (SSSR count). The van der Waals surface area contributed by atoms with Gasteiger partial charge in [0.2, 0.25) is 0 Å². The van der Waals surface area contributed by atoms with E-state index in [1.807, 2.05) is 31.2 Å². The van der Waals surface area contributed by atoms with Crippen LogP contribution in [-0.2, 0) is 16.9 Å². The molecular weight excluding hydrogens is 322 g/mol. The van der Waals surface area contributed by atoms with Crippen LogP contribution < -0.4 is 5.32 Å². The van der Waals surface area contributed by atoms with Gasteiger partial charge in [0.05, 0.1) is 12.2 Å². The van der Waals surface area contributed by atoms with Gasteiger partial charge in [0.25, 0.3) is 5.91 Å². The highest BCUT2D eigenvalue weighted by Gasteiger charge is 2.43. The monoisotopic (exact) mass is 349 g/mol. The van der Waals surface area contributed by atoms with Crippen molar-refractivity contribution in [2.24, 2.45) is 5.92 Å². The number of hydrogen-bond acceptors (Lipinski definition) is 2. The van der Waals surface area contributed by atoms with Crippen LogP contribution in [0, 0.1) is 12.8 Å². The first-order valence-electron chi connectivity index (χ1n) is 9.67. The second-order valence-electron chi connectivity index (χ2n) is 7.91. The molecule has 0 radical (unpaired) electrons. The summed E-state index contributed by atoms with van der Waals surface area (Å²) in [4.78, 5) is 12.5. The molecule has 2 aromatic carbocycles. The third kappa shape index (κ3) is 3.16. The summed E-state index contributed by atoms with van der Waals surface area (Å²) >= 11 is 0. The van der Waals surface area contributed by atoms with E-state index in [2.05, 4.69) is 36.5 Å². The Morgan fingerprint density at radius 2 is 1.81 bits per heavy atom. The minimum Gasteiger partial charge on any atom is -0.366 e. The normalized spacial score (nSPS) is 25.7. The lowest BCUT2D eigenvalue weighted by atomic mass is 9.73. The molecule has 1 aliphatic carbocycles. The zero-order valence-electron chi connectivity index (χ0n) is 15.6. The van der Waals surface area contributed by atoms with E-state index in [0.29, 0.717) is 5.92 Å². The van der Waals surface area contributed by atoms with Gasteiger partial charge in [-0.25, -0.2) is 0 Å². The van der Waals surface area contributed by atoms with E-state index >= 15 is 0 Å². The van der Waals surface area contributed by atoms with Gasteiger partial charge in [-0.1, -0.05) is 42.0 Å². The maximum Gasteiger partial charge on any atom is 0.251 e. The molecule has 26 heavy (non-hydrogen) atoms. The second-order valence-corrected chi connectivity index (χ2v) is 7.91. The molecule has 3 heteroatoms. The van der Waals surface area contributed by atoms with Gasteiger partial charge >= 0.3 is 0 Å². The number of aryl methyl sites for hydroxylation is 1. The zero-order chi connectivity index (χ0) is 18.1. The second kappa shape index (κ2) is 6.88. The lowest BCUT2D eigenvalue weighted by Gasteiger charge is -2.39. The maximum absolute atomic E-state index is 12.5. The Morgan fingerprint density at radius 3 is 2.54 bits per heavy atom. The largest absolute Gasteiger partial charge is 0.366 e. The van der Waals surface area contributed by atoms with Crippen LogP contribution in [0.1, 0.15) is 59.7 Å². The number of amides is 1. The molecule has 0 saturated heterocycles. The van der Waals surface area contributed by atoms with Crippen LogP contribution in [0.25, 0.3) is 0 Å². The smallest absolute Gasteiger partial charge is 0.251 e. The molecule has 0 bridgehead atoms. The van der Waals surface area contributed by atoms with Crippen LogP contribution in [0.3, 0.4) is 0 Å². The Kier molecular flexibility index (Phi) is 4.58. The minimum atomic E-state index is -0.0895. The molecule has 136 valence electrons. The summed E-state index contributed by atoms with van der Waals surface area (Å²) < 4.78 is 6.25. The van der Waals surface area contributed by atoms with Crippen LogP contribution in [0.15, 0.2) is 48.5 Å². The van der Waals surface area contributed by atoms with Crippen LogP contribution >= 0.6 is 0 Å². The fourth-order valence-corrected chi connectivity index (χ4v) is 4.52. The summed E-state index contributed by atoms with van der Waals surface area (Å²) in [7, 11) is 0. The molecule has 1 fully saturated rings. The highest BCUT2D eigenvalue weighted by atomic mass is 16.5. The highest BCUT2D eigenvalue weighted by Crippen LogP contribution is 2.48. The van der Waals surface area contributed by atoms with Gasteiger partial charge in [0, 0.05) is 11.6 Å². The van der Waals surface area contributed by atoms with Gasteiger partial charge in [-0.15, -0.1) is 0 Å². The highest BCUT2D eigenvalue weighted by molar-refractivity contribution is 5.94. The molecule has 1 saturated carbocycles. The first kappa shape index (κ1) is 17.3. The molecule has 1 amide bonds. The number of ether oxygens (including phenoxy) is 1. The summed E-state index contributed by atoms with van der Waals surface area (Å²) in [6.45, 7) is 4.91. The summed E-state index contributed by atoms with van der Waals surface area (Å²) in [5, 5.41) is 3.20. The molecule has 1 N–H and O–H groups in total. The van der Waals surface area contributed by atoms with Crippen LogP contribution in [0.5, 0.6) is 0 Å². The molecule has 1 spiro atoms. The van der Waals surface area contributed by atoms with Crippen molar-refractivity contribution in [3.8, 4) is 0 Å². The summed E-state index contributed by atoms with van der Waals surface area (Å²) in [6.07, 6.45) is 4.26. The van der Waals surface area contributed by atoms with Gasteiger partial charge in [-0.05, 0) is 68.7 Å². The van der Waals surface area contributed by atoms with Gasteiger partial charge in [-0.2, -0.15) is 0 Å². The van der Waals surface area contributed by atoms with Crippen molar-refractivity contribution in [3.05, 3.63) is 70.8 Å². The summed E-state index contributed by atoms with van der Waals surface area (Å²) in [5.74, 6) is 0.534. The first-order chi connectivity index (χ1) is 12.6. The van der Waals surface area contributed by atoms with Gasteiger partial charge < -0.3 is 10.1 Å². The SMILES string of the molecule is Cc1ccc(C(=O)NC(C)C2CCC3(CC2)OCc2ccccc23)cc1. The first-order valence-corrected chi connectivity index (χ1v) is 9.67. The molecule has 3 nitrogen and oxygen atoms in total. The Hall–Kier alpha value is -2.13. The quantitative estimate of drug-likeness (QED) is 0.870. The molecule has 2 aliphatic rings. The fourth-order valence-electron chi connectivity index (χ4n) is 4.52. The van der Waals surface area contributed by atoms with Crippen LogP contribution in [0.4, 0.5) is 0 Å². The van der Waals surface area contributed by atoms with E-state index in [1.165, 1.54) is 16.7 Å². The number of carbonyl (C=O) groups excluding carboxylic acids is 1. The van der Waals surface area contributed by atoms with E-state index in [-0.39, 0.29) is 17.6 Å². The number of hydrogen-bond donors (Lipinski definition) is 1. The molecule has 1 atom stereocenters. The topological polar surface area (TPSA) is 38.3 Å². The third-order valence-corrected chi connectivity index (χ3v) is 6.23. The Morgan fingerprint density at radius 1 is 1.12 bits per heavy atom. The molecular formula is C23H27NO2. The van der Waals surface area contributed by atoms with Crippen LogP contribution in [-0.4, -0.2) is 11.9 Å². The predicted molar refractivity (Wildman–Crippen MR) is 103 cm³/mol. The Labute approximate surface area is 155 Å². The molecule has 0 aromatic heterocycles. The number of rotatable bonds is 3. The minimum absolute atomic E-state index is 0.0280. The van der Waals surface area contributed by atoms with E-state index in [4.69, 9.17) is 4.74 Å². The number of nitrogens with one attached hydrogen (secondary N) is 1. The van der Waals surface area contributed by atoms with Crippen molar-refractivity contribution in [3.63, 3.8) is 0 Å². The van der Waals surface area contributed by atoms with Gasteiger partial charge in [-0.3, -0.25) is 4.79 Å². The van der Waals surface area contributed by atoms with Crippen molar-refractivity contribution in [2.45, 2.75) is 57.8 Å². The van der Waals surface area contributed by atoms with Gasteiger partial charge in [0.15, 0.2) is 0 Å². The van der Waals surface area contributed by atoms with Crippen molar-refractivity contribution in [2.75, 3.05) is 0 Å². The van der Waals surface area contributed by atoms with Crippen LogP contribution in [0.2, 0.25) is 0 Å². The fraction of sp³-hybridized carbons (Fsp3) is 0.435. The average Bonchev–Trinajstić information content (AvgIpc) is 3.01.